The summed E-state index contributed by atoms with van der Waals surface area (Å²) in [7, 11) is 1.35. The number of carbonyl (C=O) groups excluding carboxylic acids is 2. The average molecular weight is 321 g/mol. The summed E-state index contributed by atoms with van der Waals surface area (Å²) in [6.07, 6.45) is 2.73. The van der Waals surface area contributed by atoms with E-state index < -0.39 is 6.04 Å². The minimum atomic E-state index is -0.548. The highest BCUT2D eigenvalue weighted by atomic mass is 35.5. The Kier molecular flexibility index (Phi) is 9.62. The fourth-order valence-corrected chi connectivity index (χ4v) is 2.73. The molecule has 124 valence electrons. The molecule has 0 aliphatic carbocycles. The number of rotatable bonds is 6. The van der Waals surface area contributed by atoms with Crippen LogP contribution >= 0.6 is 12.4 Å². The van der Waals surface area contributed by atoms with Crippen LogP contribution in [0, 0.1) is 17.8 Å². The summed E-state index contributed by atoms with van der Waals surface area (Å²) in [5.41, 5.74) is 0. The van der Waals surface area contributed by atoms with E-state index in [0.717, 1.165) is 25.9 Å². The van der Waals surface area contributed by atoms with Gasteiger partial charge in [-0.3, -0.25) is 4.79 Å². The molecule has 5 nitrogen and oxygen atoms in total. The van der Waals surface area contributed by atoms with Gasteiger partial charge in [-0.2, -0.15) is 0 Å². The van der Waals surface area contributed by atoms with Gasteiger partial charge in [0.25, 0.3) is 0 Å². The van der Waals surface area contributed by atoms with Crippen LogP contribution in [-0.2, 0) is 14.3 Å². The van der Waals surface area contributed by atoms with Gasteiger partial charge in [0, 0.05) is 6.42 Å². The summed E-state index contributed by atoms with van der Waals surface area (Å²) in [5.74, 6) is 0.545. The second-order valence-corrected chi connectivity index (χ2v) is 6.08. The van der Waals surface area contributed by atoms with Crippen molar-refractivity contribution in [2.45, 2.75) is 46.1 Å². The first-order chi connectivity index (χ1) is 9.45. The SMILES string of the molecule is COC(=O)C(NC(=O)CC(C)C1CCNCC1)C(C)C.Cl. The number of nitrogens with one attached hydrogen (secondary N) is 2. The van der Waals surface area contributed by atoms with Gasteiger partial charge in [0.1, 0.15) is 6.04 Å². The Morgan fingerprint density at radius 2 is 1.81 bits per heavy atom. The molecule has 6 heteroatoms. The molecule has 0 spiro atoms. The first kappa shape index (κ1) is 20.2. The van der Waals surface area contributed by atoms with Crippen LogP contribution in [0.25, 0.3) is 0 Å². The Balaban J connectivity index is 0.00000400. The van der Waals surface area contributed by atoms with Crippen LogP contribution in [0.4, 0.5) is 0 Å². The molecule has 1 saturated heterocycles. The fraction of sp³-hybridized carbons (Fsp3) is 0.867. The molecule has 1 aliphatic rings. The predicted molar refractivity (Wildman–Crippen MR) is 85.4 cm³/mol. The van der Waals surface area contributed by atoms with Gasteiger partial charge < -0.3 is 15.4 Å². The molecule has 1 rings (SSSR count). The van der Waals surface area contributed by atoms with Crippen molar-refractivity contribution < 1.29 is 14.3 Å². The van der Waals surface area contributed by atoms with Gasteiger partial charge in [0.05, 0.1) is 7.11 Å². The van der Waals surface area contributed by atoms with Crippen molar-refractivity contribution in [1.82, 2.24) is 10.6 Å². The highest BCUT2D eigenvalue weighted by molar-refractivity contribution is 5.85. The smallest absolute Gasteiger partial charge is 0.328 e. The monoisotopic (exact) mass is 320 g/mol. The van der Waals surface area contributed by atoms with Gasteiger partial charge >= 0.3 is 5.97 Å². The quantitative estimate of drug-likeness (QED) is 0.732. The first-order valence-electron chi connectivity index (χ1n) is 7.53. The number of methoxy groups -OCH3 is 1. The van der Waals surface area contributed by atoms with E-state index in [1.807, 2.05) is 13.8 Å². The lowest BCUT2D eigenvalue weighted by atomic mass is 9.84. The minimum Gasteiger partial charge on any atom is -0.467 e. The third-order valence-electron chi connectivity index (χ3n) is 4.13. The molecule has 2 atom stereocenters. The molecule has 1 amide bonds. The van der Waals surface area contributed by atoms with Crippen molar-refractivity contribution in [1.29, 1.82) is 0 Å². The third kappa shape index (κ3) is 6.66. The summed E-state index contributed by atoms with van der Waals surface area (Å²) in [4.78, 5) is 23.7. The summed E-state index contributed by atoms with van der Waals surface area (Å²) in [6, 6.07) is -0.548. The van der Waals surface area contributed by atoms with Crippen LogP contribution in [0.5, 0.6) is 0 Å². The lowest BCUT2D eigenvalue weighted by Crippen LogP contribution is -2.45. The van der Waals surface area contributed by atoms with E-state index >= 15 is 0 Å². The Hall–Kier alpha value is -0.810. The van der Waals surface area contributed by atoms with Gasteiger partial charge in [0.2, 0.25) is 5.91 Å². The molecule has 2 unspecified atom stereocenters. The van der Waals surface area contributed by atoms with Crippen LogP contribution in [-0.4, -0.2) is 38.1 Å². The number of halogens is 1. The summed E-state index contributed by atoms with van der Waals surface area (Å²) in [5, 5.41) is 6.14. The number of piperidine rings is 1. The maximum atomic E-state index is 12.1. The van der Waals surface area contributed by atoms with Crippen LogP contribution in [0.15, 0.2) is 0 Å². The van der Waals surface area contributed by atoms with Crippen molar-refractivity contribution in [3.8, 4) is 0 Å². The maximum Gasteiger partial charge on any atom is 0.328 e. The van der Waals surface area contributed by atoms with Crippen LogP contribution in [0.1, 0.15) is 40.0 Å². The lowest BCUT2D eigenvalue weighted by molar-refractivity contribution is -0.146. The first-order valence-corrected chi connectivity index (χ1v) is 7.53. The number of hydrogen-bond donors (Lipinski definition) is 2. The van der Waals surface area contributed by atoms with E-state index in [4.69, 9.17) is 4.74 Å². The molecular weight excluding hydrogens is 292 g/mol. The molecule has 0 aromatic heterocycles. The molecule has 0 saturated carbocycles. The summed E-state index contributed by atoms with van der Waals surface area (Å²) < 4.78 is 4.73. The largest absolute Gasteiger partial charge is 0.467 e. The van der Waals surface area contributed by atoms with Gasteiger partial charge in [-0.05, 0) is 43.7 Å². The third-order valence-corrected chi connectivity index (χ3v) is 4.13. The van der Waals surface area contributed by atoms with E-state index in [1.165, 1.54) is 7.11 Å². The Labute approximate surface area is 134 Å². The molecule has 21 heavy (non-hydrogen) atoms. The average Bonchev–Trinajstić information content (AvgIpc) is 2.44. The molecule has 1 heterocycles. The number of esters is 1. The van der Waals surface area contributed by atoms with Gasteiger partial charge in [-0.1, -0.05) is 20.8 Å². The zero-order chi connectivity index (χ0) is 15.1. The van der Waals surface area contributed by atoms with Gasteiger partial charge in [-0.25, -0.2) is 4.79 Å². The molecule has 0 radical (unpaired) electrons. The Morgan fingerprint density at radius 1 is 1.24 bits per heavy atom. The van der Waals surface area contributed by atoms with E-state index in [0.29, 0.717) is 18.3 Å². The van der Waals surface area contributed by atoms with Crippen molar-refractivity contribution in [3.05, 3.63) is 0 Å². The van der Waals surface area contributed by atoms with Crippen molar-refractivity contribution >= 4 is 24.3 Å². The molecule has 2 N–H and O–H groups in total. The fourth-order valence-electron chi connectivity index (χ4n) is 2.73. The molecule has 0 aromatic rings. The Morgan fingerprint density at radius 3 is 2.29 bits per heavy atom. The predicted octanol–water partition coefficient (Wildman–Crippen LogP) is 1.75. The van der Waals surface area contributed by atoms with E-state index in [2.05, 4.69) is 17.6 Å². The summed E-state index contributed by atoms with van der Waals surface area (Å²) in [6.45, 7) is 8.00. The van der Waals surface area contributed by atoms with Crippen LogP contribution < -0.4 is 10.6 Å². The molecule has 0 bridgehead atoms. The van der Waals surface area contributed by atoms with E-state index in [1.54, 1.807) is 0 Å². The zero-order valence-electron chi connectivity index (χ0n) is 13.5. The molecule has 0 aromatic carbocycles. The van der Waals surface area contributed by atoms with Crippen molar-refractivity contribution in [3.63, 3.8) is 0 Å². The lowest BCUT2D eigenvalue weighted by Gasteiger charge is -2.28. The molecule has 1 fully saturated rings. The number of carbonyl (C=O) groups is 2. The second kappa shape index (κ2) is 10.0. The van der Waals surface area contributed by atoms with Crippen molar-refractivity contribution in [2.24, 2.45) is 17.8 Å². The molecular formula is C15H29ClN2O3. The topological polar surface area (TPSA) is 67.4 Å². The van der Waals surface area contributed by atoms with E-state index in [-0.39, 0.29) is 30.2 Å². The van der Waals surface area contributed by atoms with Gasteiger partial charge in [0.15, 0.2) is 0 Å². The standard InChI is InChI=1S/C15H28N2O3.ClH/c1-10(2)14(15(19)20-4)17-13(18)9-11(3)12-5-7-16-8-6-12;/h10-12,14,16H,5-9H2,1-4H3,(H,17,18);1H. The molecule has 1 aliphatic heterocycles. The Bertz CT molecular complexity index is 331. The second-order valence-electron chi connectivity index (χ2n) is 6.08. The van der Waals surface area contributed by atoms with E-state index in [9.17, 15) is 9.59 Å². The normalized spacial score (nSPS) is 18.5. The van der Waals surface area contributed by atoms with Crippen molar-refractivity contribution in [2.75, 3.05) is 20.2 Å². The van der Waals surface area contributed by atoms with Gasteiger partial charge in [-0.15, -0.1) is 12.4 Å². The van der Waals surface area contributed by atoms with Crippen LogP contribution in [0.3, 0.4) is 0 Å². The minimum absolute atomic E-state index is 0. The number of ether oxygens (including phenoxy) is 1. The maximum absolute atomic E-state index is 12.1. The number of amides is 1. The highest BCUT2D eigenvalue weighted by Crippen LogP contribution is 2.24. The highest BCUT2D eigenvalue weighted by Gasteiger charge is 2.27. The number of hydrogen-bond acceptors (Lipinski definition) is 4. The summed E-state index contributed by atoms with van der Waals surface area (Å²) >= 11 is 0. The van der Waals surface area contributed by atoms with Crippen LogP contribution in [0.2, 0.25) is 0 Å². The zero-order valence-corrected chi connectivity index (χ0v) is 14.3.